The molecule has 0 spiro atoms. The minimum atomic E-state index is -4.44. The fourth-order valence-electron chi connectivity index (χ4n) is 3.75. The molecule has 0 saturated carbocycles. The lowest BCUT2D eigenvalue weighted by Gasteiger charge is -2.12. The molecule has 5 nitrogen and oxygen atoms in total. The van der Waals surface area contributed by atoms with Gasteiger partial charge in [0.1, 0.15) is 11.4 Å². The minimum absolute atomic E-state index is 0.0414. The zero-order valence-electron chi connectivity index (χ0n) is 18.4. The first-order valence-electron chi connectivity index (χ1n) is 10.4. The van der Waals surface area contributed by atoms with Gasteiger partial charge in [0, 0.05) is 19.8 Å². The number of aryl methyl sites for hydroxylation is 3. The van der Waals surface area contributed by atoms with Crippen LogP contribution in [-0.2, 0) is 19.8 Å². The Labute approximate surface area is 189 Å². The van der Waals surface area contributed by atoms with Gasteiger partial charge in [-0.2, -0.15) is 18.3 Å². The van der Waals surface area contributed by atoms with Crippen LogP contribution in [0.4, 0.5) is 13.2 Å². The van der Waals surface area contributed by atoms with E-state index in [0.29, 0.717) is 17.0 Å². The largest absolute Gasteiger partial charge is 0.416 e. The summed E-state index contributed by atoms with van der Waals surface area (Å²) in [5.41, 5.74) is 4.15. The van der Waals surface area contributed by atoms with Crippen molar-refractivity contribution >= 4 is 5.91 Å². The molecule has 4 aromatic rings. The molecule has 8 heteroatoms. The van der Waals surface area contributed by atoms with Gasteiger partial charge in [-0.15, -0.1) is 0 Å². The maximum atomic E-state index is 13.1. The number of hydrogen-bond donors (Lipinski definition) is 1. The normalized spacial score (nSPS) is 11.6. The number of carbonyl (C=O) groups excluding carboxylic acids is 1. The Kier molecular flexibility index (Phi) is 5.84. The quantitative estimate of drug-likeness (QED) is 0.438. The number of aromatic nitrogens is 3. The minimum Gasteiger partial charge on any atom is -0.349 e. The van der Waals surface area contributed by atoms with Crippen LogP contribution in [0.2, 0.25) is 0 Å². The van der Waals surface area contributed by atoms with Crippen molar-refractivity contribution in [1.29, 1.82) is 0 Å². The van der Waals surface area contributed by atoms with Crippen LogP contribution in [0.3, 0.4) is 0 Å². The van der Waals surface area contributed by atoms with E-state index in [-0.39, 0.29) is 6.54 Å². The van der Waals surface area contributed by atoms with Crippen molar-refractivity contribution in [2.45, 2.75) is 26.6 Å². The fraction of sp³-hybridized carbons (Fsp3) is 0.200. The molecule has 0 bridgehead atoms. The zero-order chi connectivity index (χ0) is 23.8. The van der Waals surface area contributed by atoms with Gasteiger partial charge in [0.25, 0.3) is 5.91 Å². The third-order valence-electron chi connectivity index (χ3n) is 5.44. The van der Waals surface area contributed by atoms with Gasteiger partial charge < -0.3 is 9.88 Å². The van der Waals surface area contributed by atoms with E-state index in [9.17, 15) is 18.0 Å². The fourth-order valence-corrected chi connectivity index (χ4v) is 3.75. The van der Waals surface area contributed by atoms with Crippen LogP contribution in [0.5, 0.6) is 0 Å². The molecule has 1 N–H and O–H groups in total. The van der Waals surface area contributed by atoms with E-state index in [1.54, 1.807) is 16.8 Å². The molecular weight excluding hydrogens is 429 g/mol. The molecule has 33 heavy (non-hydrogen) atoms. The van der Waals surface area contributed by atoms with Gasteiger partial charge in [-0.3, -0.25) is 4.79 Å². The highest BCUT2D eigenvalue weighted by atomic mass is 19.4. The number of alkyl halides is 3. The van der Waals surface area contributed by atoms with Gasteiger partial charge >= 0.3 is 6.18 Å². The SMILES string of the molecule is Cc1ccc(-n2nc(-c3cccn3C)cc2C(=O)NCc2cccc(C(F)(F)F)c2)c(C)c1. The monoisotopic (exact) mass is 452 g/mol. The lowest BCUT2D eigenvalue weighted by Crippen LogP contribution is -2.25. The molecular formula is C25H23F3N4O. The second kappa shape index (κ2) is 8.61. The third kappa shape index (κ3) is 4.69. The lowest BCUT2D eigenvalue weighted by molar-refractivity contribution is -0.137. The first-order chi connectivity index (χ1) is 15.6. The van der Waals surface area contributed by atoms with Crippen molar-refractivity contribution in [3.63, 3.8) is 0 Å². The summed E-state index contributed by atoms with van der Waals surface area (Å²) in [5.74, 6) is -0.430. The molecule has 170 valence electrons. The van der Waals surface area contributed by atoms with Crippen LogP contribution in [-0.4, -0.2) is 20.3 Å². The summed E-state index contributed by atoms with van der Waals surface area (Å²) in [7, 11) is 1.89. The zero-order valence-corrected chi connectivity index (χ0v) is 18.4. The van der Waals surface area contributed by atoms with Gasteiger partial charge in [0.05, 0.1) is 16.9 Å². The smallest absolute Gasteiger partial charge is 0.349 e. The third-order valence-corrected chi connectivity index (χ3v) is 5.44. The van der Waals surface area contributed by atoms with Crippen molar-refractivity contribution < 1.29 is 18.0 Å². The van der Waals surface area contributed by atoms with Crippen molar-refractivity contribution in [2.75, 3.05) is 0 Å². The second-order valence-electron chi connectivity index (χ2n) is 8.00. The molecule has 2 heterocycles. The Morgan fingerprint density at radius 3 is 2.48 bits per heavy atom. The van der Waals surface area contributed by atoms with E-state index >= 15 is 0 Å². The Morgan fingerprint density at radius 2 is 1.82 bits per heavy atom. The van der Waals surface area contributed by atoms with Crippen molar-refractivity contribution in [3.8, 4) is 17.1 Å². The number of carbonyl (C=O) groups is 1. The topological polar surface area (TPSA) is 51.9 Å². The Morgan fingerprint density at radius 1 is 1.03 bits per heavy atom. The second-order valence-corrected chi connectivity index (χ2v) is 8.00. The van der Waals surface area contributed by atoms with Gasteiger partial charge in [-0.25, -0.2) is 4.68 Å². The average Bonchev–Trinajstić information content (AvgIpc) is 3.38. The summed E-state index contributed by atoms with van der Waals surface area (Å²) in [5, 5.41) is 7.42. The van der Waals surface area contributed by atoms with Crippen LogP contribution in [0.15, 0.2) is 66.9 Å². The van der Waals surface area contributed by atoms with Gasteiger partial charge in [-0.1, -0.05) is 29.8 Å². The number of benzene rings is 2. The average molecular weight is 452 g/mol. The number of rotatable bonds is 5. The van der Waals surface area contributed by atoms with Crippen LogP contribution in [0, 0.1) is 13.8 Å². The molecule has 0 aliphatic carbocycles. The summed E-state index contributed by atoms with van der Waals surface area (Å²) in [4.78, 5) is 13.1. The van der Waals surface area contributed by atoms with E-state index < -0.39 is 17.6 Å². The molecule has 0 aliphatic heterocycles. The van der Waals surface area contributed by atoms with Crippen LogP contribution >= 0.6 is 0 Å². The number of hydrogen-bond acceptors (Lipinski definition) is 2. The van der Waals surface area contributed by atoms with Crippen LogP contribution < -0.4 is 5.32 Å². The summed E-state index contributed by atoms with van der Waals surface area (Å²) in [6.07, 6.45) is -2.55. The summed E-state index contributed by atoms with van der Waals surface area (Å²) in [6.45, 7) is 3.88. The summed E-state index contributed by atoms with van der Waals surface area (Å²) < 4.78 is 42.5. The number of nitrogens with zero attached hydrogens (tertiary/aromatic N) is 3. The van der Waals surface area contributed by atoms with Crippen LogP contribution in [0.25, 0.3) is 17.1 Å². The molecule has 2 aromatic heterocycles. The number of amides is 1. The highest BCUT2D eigenvalue weighted by molar-refractivity contribution is 5.94. The van der Waals surface area contributed by atoms with E-state index in [1.807, 2.05) is 62.0 Å². The maximum absolute atomic E-state index is 13.1. The molecule has 4 rings (SSSR count). The molecule has 0 fully saturated rings. The maximum Gasteiger partial charge on any atom is 0.416 e. The molecule has 0 unspecified atom stereocenters. The van der Waals surface area contributed by atoms with E-state index in [1.165, 1.54) is 6.07 Å². The molecule has 0 saturated heterocycles. The summed E-state index contributed by atoms with van der Waals surface area (Å²) in [6, 6.07) is 16.2. The van der Waals surface area contributed by atoms with Crippen LogP contribution in [0.1, 0.15) is 32.7 Å². The molecule has 1 amide bonds. The molecule has 0 aliphatic rings. The first kappa shape index (κ1) is 22.4. The predicted octanol–water partition coefficient (Wildman–Crippen LogP) is 5.44. The van der Waals surface area contributed by atoms with Gasteiger partial charge in [0.15, 0.2) is 0 Å². The Bertz CT molecular complexity index is 1320. The number of nitrogens with one attached hydrogen (secondary N) is 1. The standard InChI is InChI=1S/C25H23F3N4O/c1-16-9-10-21(17(2)12-16)32-23(14-20(30-32)22-8-5-11-31(22)3)24(33)29-15-18-6-4-7-19(13-18)25(26,27)28/h4-14H,15H2,1-3H3,(H,29,33). The van der Waals surface area contributed by atoms with E-state index in [0.717, 1.165) is 34.6 Å². The summed E-state index contributed by atoms with van der Waals surface area (Å²) >= 11 is 0. The predicted molar refractivity (Wildman–Crippen MR) is 120 cm³/mol. The van der Waals surface area contributed by atoms with Gasteiger partial charge in [0.2, 0.25) is 0 Å². The molecule has 0 atom stereocenters. The van der Waals surface area contributed by atoms with E-state index in [2.05, 4.69) is 10.4 Å². The molecule has 2 aromatic carbocycles. The van der Waals surface area contributed by atoms with E-state index in [4.69, 9.17) is 0 Å². The molecule has 0 radical (unpaired) electrons. The highest BCUT2D eigenvalue weighted by Gasteiger charge is 2.30. The number of halogens is 3. The first-order valence-corrected chi connectivity index (χ1v) is 10.4. The lowest BCUT2D eigenvalue weighted by atomic mass is 10.1. The van der Waals surface area contributed by atoms with Crippen molar-refractivity contribution in [3.05, 3.63) is 94.8 Å². The van der Waals surface area contributed by atoms with Crippen molar-refractivity contribution in [1.82, 2.24) is 19.7 Å². The van der Waals surface area contributed by atoms with Crippen molar-refractivity contribution in [2.24, 2.45) is 7.05 Å². The Balaban J connectivity index is 1.68. The highest BCUT2D eigenvalue weighted by Crippen LogP contribution is 2.29. The van der Waals surface area contributed by atoms with Gasteiger partial charge in [-0.05, 0) is 61.4 Å². The Hall–Kier alpha value is -3.81.